The molecule has 1 aliphatic heterocycles. The number of para-hydroxylation sites is 1. The zero-order chi connectivity index (χ0) is 18.7. The number of carbonyl (C=O) groups excluding carboxylic acids is 2. The van der Waals surface area contributed by atoms with E-state index in [0.717, 1.165) is 10.6 Å². The number of rotatable bonds is 5. The molecule has 1 heterocycles. The molecule has 26 heavy (non-hydrogen) atoms. The van der Waals surface area contributed by atoms with Crippen molar-refractivity contribution >= 4 is 35.0 Å². The maximum atomic E-state index is 12.2. The molecular formula is C18H16N2O5S. The number of nitro benzene ring substituents is 1. The molecule has 0 saturated heterocycles. The fraction of sp³-hybridized carbons (Fsp3) is 0.222. The minimum absolute atomic E-state index is 0.0655. The van der Waals surface area contributed by atoms with Crippen LogP contribution in [0.3, 0.4) is 0 Å². The smallest absolute Gasteiger partial charge is 0.308 e. The summed E-state index contributed by atoms with van der Waals surface area (Å²) in [6.45, 7) is 1.64. The molecule has 1 N–H and O–H groups in total. The molecule has 2 aromatic rings. The van der Waals surface area contributed by atoms with Crippen molar-refractivity contribution in [3.8, 4) is 0 Å². The Kier molecular flexibility index (Phi) is 5.22. The summed E-state index contributed by atoms with van der Waals surface area (Å²) in [7, 11) is 0. The molecule has 0 aromatic heterocycles. The number of hydrogen-bond donors (Lipinski definition) is 1. The second-order valence-corrected chi connectivity index (χ2v) is 7.02. The van der Waals surface area contributed by atoms with Gasteiger partial charge < -0.3 is 10.1 Å². The first-order chi connectivity index (χ1) is 12.4. The highest BCUT2D eigenvalue weighted by atomic mass is 32.2. The Morgan fingerprint density at radius 1 is 1.31 bits per heavy atom. The first-order valence-electron chi connectivity index (χ1n) is 7.94. The predicted octanol–water partition coefficient (Wildman–Crippen LogP) is 3.70. The molecule has 7 nitrogen and oxygen atoms in total. The topological polar surface area (TPSA) is 98.5 Å². The lowest BCUT2D eigenvalue weighted by atomic mass is 10.1. The van der Waals surface area contributed by atoms with E-state index in [9.17, 15) is 19.7 Å². The highest BCUT2D eigenvalue weighted by molar-refractivity contribution is 8.01. The number of ether oxygens (including phenoxy) is 1. The molecule has 0 aliphatic carbocycles. The van der Waals surface area contributed by atoms with Gasteiger partial charge in [0.2, 0.25) is 5.91 Å². The second kappa shape index (κ2) is 7.57. The van der Waals surface area contributed by atoms with Gasteiger partial charge in [0.25, 0.3) is 5.69 Å². The second-order valence-electron chi connectivity index (χ2n) is 5.78. The lowest BCUT2D eigenvalue weighted by Gasteiger charge is -2.24. The molecule has 0 bridgehead atoms. The minimum Gasteiger partial charge on any atom is -0.458 e. The number of thioether (sulfide) groups is 1. The van der Waals surface area contributed by atoms with E-state index in [0.29, 0.717) is 5.56 Å². The van der Waals surface area contributed by atoms with Crippen molar-refractivity contribution in [3.63, 3.8) is 0 Å². The van der Waals surface area contributed by atoms with Gasteiger partial charge in [0.15, 0.2) is 0 Å². The van der Waals surface area contributed by atoms with Crippen LogP contribution in [0.4, 0.5) is 11.4 Å². The summed E-state index contributed by atoms with van der Waals surface area (Å²) in [4.78, 5) is 35.6. The van der Waals surface area contributed by atoms with E-state index in [4.69, 9.17) is 4.74 Å². The van der Waals surface area contributed by atoms with Crippen LogP contribution in [0.25, 0.3) is 0 Å². The number of non-ortho nitro benzene ring substituents is 1. The van der Waals surface area contributed by atoms with Crippen molar-refractivity contribution in [1.29, 1.82) is 0 Å². The fourth-order valence-electron chi connectivity index (χ4n) is 2.58. The highest BCUT2D eigenvalue weighted by Crippen LogP contribution is 2.37. The number of nitrogens with one attached hydrogen (secondary N) is 1. The zero-order valence-electron chi connectivity index (χ0n) is 13.9. The number of anilines is 1. The van der Waals surface area contributed by atoms with Crippen LogP contribution in [0.5, 0.6) is 0 Å². The normalized spacial score (nSPS) is 17.0. The number of esters is 1. The lowest BCUT2D eigenvalue weighted by molar-refractivity contribution is -0.385. The zero-order valence-corrected chi connectivity index (χ0v) is 14.7. The third-order valence-electron chi connectivity index (χ3n) is 3.92. The fourth-order valence-corrected chi connectivity index (χ4v) is 3.68. The standard InChI is InChI=1S/C18H16N2O5S/c1-11(12-5-4-6-13(9-12)20(23)24)25-17(21)10-16-18(22)19-14-7-2-3-8-15(14)26-16/h2-9,11,16H,10H2,1H3,(H,19,22)/t11-,16+/m0/s1. The minimum atomic E-state index is -0.647. The summed E-state index contributed by atoms with van der Waals surface area (Å²) in [5.74, 6) is -0.773. The first kappa shape index (κ1) is 17.9. The molecule has 0 radical (unpaired) electrons. The number of carbonyl (C=O) groups is 2. The summed E-state index contributed by atoms with van der Waals surface area (Å²) in [6.07, 6.45) is -0.726. The lowest BCUT2D eigenvalue weighted by Crippen LogP contribution is -2.31. The van der Waals surface area contributed by atoms with Gasteiger partial charge in [-0.15, -0.1) is 11.8 Å². The summed E-state index contributed by atoms with van der Waals surface area (Å²) in [6, 6.07) is 13.3. The Hall–Kier alpha value is -2.87. The van der Waals surface area contributed by atoms with Gasteiger partial charge in [0.1, 0.15) is 6.10 Å². The van der Waals surface area contributed by atoms with Crippen LogP contribution in [-0.4, -0.2) is 22.0 Å². The van der Waals surface area contributed by atoms with E-state index in [1.807, 2.05) is 18.2 Å². The van der Waals surface area contributed by atoms with E-state index >= 15 is 0 Å². The maximum Gasteiger partial charge on any atom is 0.308 e. The van der Waals surface area contributed by atoms with E-state index in [2.05, 4.69) is 5.32 Å². The van der Waals surface area contributed by atoms with Gasteiger partial charge >= 0.3 is 5.97 Å². The van der Waals surface area contributed by atoms with E-state index in [1.54, 1.807) is 25.1 Å². The molecule has 134 valence electrons. The van der Waals surface area contributed by atoms with Gasteiger partial charge in [-0.05, 0) is 24.6 Å². The first-order valence-corrected chi connectivity index (χ1v) is 8.82. The molecule has 3 rings (SSSR count). The van der Waals surface area contributed by atoms with Crippen molar-refractivity contribution in [3.05, 3.63) is 64.2 Å². The molecule has 0 saturated carbocycles. The quantitative estimate of drug-likeness (QED) is 0.488. The average Bonchev–Trinajstić information content (AvgIpc) is 2.62. The van der Waals surface area contributed by atoms with Gasteiger partial charge in [-0.25, -0.2) is 0 Å². The van der Waals surface area contributed by atoms with Crippen LogP contribution in [0.2, 0.25) is 0 Å². The Bertz CT molecular complexity index is 870. The molecule has 0 fully saturated rings. The number of fused-ring (bicyclic) bond motifs is 1. The molecule has 2 atom stereocenters. The molecule has 1 amide bonds. The van der Waals surface area contributed by atoms with Crippen molar-refractivity contribution in [2.75, 3.05) is 5.32 Å². The van der Waals surface area contributed by atoms with Gasteiger partial charge in [-0.2, -0.15) is 0 Å². The Balaban J connectivity index is 1.63. The van der Waals surface area contributed by atoms with E-state index in [-0.39, 0.29) is 18.0 Å². The van der Waals surface area contributed by atoms with Gasteiger partial charge in [0.05, 0.1) is 22.3 Å². The van der Waals surface area contributed by atoms with Gasteiger partial charge in [-0.3, -0.25) is 19.7 Å². The number of amides is 1. The van der Waals surface area contributed by atoms with Gasteiger partial charge in [-0.1, -0.05) is 24.3 Å². The Labute approximate surface area is 153 Å². The van der Waals surface area contributed by atoms with Crippen LogP contribution in [0.15, 0.2) is 53.4 Å². The predicted molar refractivity (Wildman–Crippen MR) is 96.9 cm³/mol. The van der Waals surface area contributed by atoms with Crippen molar-refractivity contribution < 1.29 is 19.2 Å². The van der Waals surface area contributed by atoms with Crippen LogP contribution in [0.1, 0.15) is 25.0 Å². The van der Waals surface area contributed by atoms with Crippen LogP contribution >= 0.6 is 11.8 Å². The summed E-state index contributed by atoms with van der Waals surface area (Å²) < 4.78 is 5.36. The summed E-state index contributed by atoms with van der Waals surface area (Å²) >= 11 is 1.32. The summed E-state index contributed by atoms with van der Waals surface area (Å²) in [5.41, 5.74) is 1.19. The third kappa shape index (κ3) is 4.02. The number of nitrogens with zero attached hydrogens (tertiary/aromatic N) is 1. The third-order valence-corrected chi connectivity index (χ3v) is 5.19. The average molecular weight is 372 g/mol. The van der Waals surface area contributed by atoms with E-state index < -0.39 is 22.2 Å². The highest BCUT2D eigenvalue weighted by Gasteiger charge is 2.30. The Morgan fingerprint density at radius 3 is 2.85 bits per heavy atom. The molecule has 0 unspecified atom stereocenters. The molecule has 0 spiro atoms. The molecule has 2 aromatic carbocycles. The van der Waals surface area contributed by atoms with Crippen LogP contribution in [0, 0.1) is 10.1 Å². The molecular weight excluding hydrogens is 356 g/mol. The SMILES string of the molecule is C[C@H](OC(=O)C[C@H]1Sc2ccccc2NC1=O)c1cccc([N+](=O)[O-])c1. The van der Waals surface area contributed by atoms with Gasteiger partial charge in [0, 0.05) is 17.0 Å². The number of benzene rings is 2. The maximum absolute atomic E-state index is 12.2. The van der Waals surface area contributed by atoms with E-state index in [1.165, 1.54) is 23.9 Å². The summed E-state index contributed by atoms with van der Waals surface area (Å²) in [5, 5.41) is 13.1. The monoisotopic (exact) mass is 372 g/mol. The largest absolute Gasteiger partial charge is 0.458 e. The Morgan fingerprint density at radius 2 is 2.08 bits per heavy atom. The van der Waals surface area contributed by atoms with Crippen molar-refractivity contribution in [2.45, 2.75) is 29.6 Å². The molecule has 1 aliphatic rings. The van der Waals surface area contributed by atoms with Crippen LogP contribution < -0.4 is 5.32 Å². The molecule has 8 heteroatoms. The number of nitro groups is 1. The van der Waals surface area contributed by atoms with Crippen molar-refractivity contribution in [2.24, 2.45) is 0 Å². The van der Waals surface area contributed by atoms with Crippen LogP contribution in [-0.2, 0) is 14.3 Å². The number of hydrogen-bond acceptors (Lipinski definition) is 6. The van der Waals surface area contributed by atoms with Crippen molar-refractivity contribution in [1.82, 2.24) is 0 Å².